The Morgan fingerprint density at radius 2 is 1.93 bits per heavy atom. The molecular formula is C21H25N5O. The van der Waals surface area contributed by atoms with Gasteiger partial charge in [0.15, 0.2) is 5.69 Å². The number of amides is 1. The quantitative estimate of drug-likeness (QED) is 0.697. The van der Waals surface area contributed by atoms with Gasteiger partial charge in [-0.05, 0) is 44.2 Å². The van der Waals surface area contributed by atoms with Crippen molar-refractivity contribution in [1.29, 1.82) is 0 Å². The van der Waals surface area contributed by atoms with Gasteiger partial charge in [-0.15, -0.1) is 0 Å². The van der Waals surface area contributed by atoms with Crippen molar-refractivity contribution in [2.45, 2.75) is 52.0 Å². The van der Waals surface area contributed by atoms with Gasteiger partial charge in [0.25, 0.3) is 5.91 Å². The summed E-state index contributed by atoms with van der Waals surface area (Å²) in [6.07, 6.45) is 7.96. The highest BCUT2D eigenvalue weighted by molar-refractivity contribution is 6.03. The number of anilines is 1. The van der Waals surface area contributed by atoms with Crippen LogP contribution < -0.4 is 5.32 Å². The fourth-order valence-electron chi connectivity index (χ4n) is 3.75. The summed E-state index contributed by atoms with van der Waals surface area (Å²) in [5.74, 6) is 0.569. The Balaban J connectivity index is 1.70. The second-order valence-corrected chi connectivity index (χ2v) is 6.98. The zero-order valence-corrected chi connectivity index (χ0v) is 15.7. The van der Waals surface area contributed by atoms with Gasteiger partial charge in [-0.3, -0.25) is 4.79 Å². The normalized spacial score (nSPS) is 13.8. The van der Waals surface area contributed by atoms with Crippen LogP contribution in [0.2, 0.25) is 0 Å². The van der Waals surface area contributed by atoms with E-state index < -0.39 is 0 Å². The molecule has 1 amide bonds. The zero-order chi connectivity index (χ0) is 18.6. The lowest BCUT2D eigenvalue weighted by Crippen LogP contribution is -2.18. The molecule has 1 aliphatic rings. The van der Waals surface area contributed by atoms with Crippen molar-refractivity contribution in [3.05, 3.63) is 59.5 Å². The van der Waals surface area contributed by atoms with E-state index in [1.807, 2.05) is 45.8 Å². The molecule has 27 heavy (non-hydrogen) atoms. The lowest BCUT2D eigenvalue weighted by Gasteiger charge is -2.07. The van der Waals surface area contributed by atoms with Crippen molar-refractivity contribution in [3.8, 4) is 5.69 Å². The van der Waals surface area contributed by atoms with Crippen molar-refractivity contribution in [3.63, 3.8) is 0 Å². The summed E-state index contributed by atoms with van der Waals surface area (Å²) in [6.45, 7) is 2.87. The predicted octanol–water partition coefficient (Wildman–Crippen LogP) is 4.00. The van der Waals surface area contributed by atoms with Gasteiger partial charge in [-0.25, -0.2) is 9.36 Å². The van der Waals surface area contributed by atoms with Crippen LogP contribution in [-0.2, 0) is 19.4 Å². The van der Waals surface area contributed by atoms with E-state index in [4.69, 9.17) is 5.10 Å². The Bertz CT molecular complexity index is 925. The Morgan fingerprint density at radius 3 is 2.74 bits per heavy atom. The molecule has 6 nitrogen and oxygen atoms in total. The van der Waals surface area contributed by atoms with Crippen molar-refractivity contribution < 1.29 is 4.79 Å². The summed E-state index contributed by atoms with van der Waals surface area (Å²) >= 11 is 0. The molecular weight excluding hydrogens is 338 g/mol. The molecule has 3 aromatic rings. The third-order valence-corrected chi connectivity index (χ3v) is 5.04. The highest BCUT2D eigenvalue weighted by Gasteiger charge is 2.25. The van der Waals surface area contributed by atoms with E-state index in [-0.39, 0.29) is 5.91 Å². The zero-order valence-electron chi connectivity index (χ0n) is 15.7. The number of fused-ring (bicyclic) bond motifs is 1. The molecule has 0 bridgehead atoms. The first kappa shape index (κ1) is 17.5. The van der Waals surface area contributed by atoms with Crippen molar-refractivity contribution in [2.75, 3.05) is 5.32 Å². The third kappa shape index (κ3) is 3.52. The van der Waals surface area contributed by atoms with E-state index in [1.165, 1.54) is 12.1 Å². The van der Waals surface area contributed by atoms with Crippen molar-refractivity contribution >= 4 is 11.7 Å². The topological polar surface area (TPSA) is 64.7 Å². The highest BCUT2D eigenvalue weighted by Crippen LogP contribution is 2.27. The number of rotatable bonds is 5. The second-order valence-electron chi connectivity index (χ2n) is 6.98. The number of hydrogen-bond donors (Lipinski definition) is 1. The van der Waals surface area contributed by atoms with Gasteiger partial charge in [-0.1, -0.05) is 31.5 Å². The number of carbonyl (C=O) groups excluding carboxylic acids is 1. The minimum atomic E-state index is -0.152. The maximum absolute atomic E-state index is 13.1. The average Bonchev–Trinajstić information content (AvgIpc) is 3.19. The van der Waals surface area contributed by atoms with E-state index in [9.17, 15) is 4.79 Å². The molecule has 0 aliphatic heterocycles. The Hall–Kier alpha value is -2.89. The molecule has 1 N–H and O–H groups in total. The number of para-hydroxylation sites is 1. The van der Waals surface area contributed by atoms with Crippen LogP contribution in [0.15, 0.2) is 42.6 Å². The van der Waals surface area contributed by atoms with Gasteiger partial charge in [0.1, 0.15) is 5.82 Å². The largest absolute Gasteiger partial charge is 0.305 e. The number of benzene rings is 1. The molecule has 4 rings (SSSR count). The second kappa shape index (κ2) is 7.78. The van der Waals surface area contributed by atoms with Crippen LogP contribution in [0.3, 0.4) is 0 Å². The summed E-state index contributed by atoms with van der Waals surface area (Å²) in [5, 5.41) is 12.0. The molecule has 0 radical (unpaired) electrons. The Kier molecular flexibility index (Phi) is 5.05. The summed E-state index contributed by atoms with van der Waals surface area (Å²) in [5.41, 5.74) is 3.81. The number of aromatic nitrogens is 4. The van der Waals surface area contributed by atoms with E-state index in [0.29, 0.717) is 5.69 Å². The predicted molar refractivity (Wildman–Crippen MR) is 105 cm³/mol. The van der Waals surface area contributed by atoms with E-state index in [1.54, 1.807) is 6.20 Å². The number of aryl methyl sites for hydroxylation is 1. The molecule has 0 unspecified atom stereocenters. The first-order valence-electron chi connectivity index (χ1n) is 9.77. The first-order valence-corrected chi connectivity index (χ1v) is 9.77. The summed E-state index contributed by atoms with van der Waals surface area (Å²) in [7, 11) is 0. The van der Waals surface area contributed by atoms with E-state index in [0.717, 1.165) is 55.7 Å². The van der Waals surface area contributed by atoms with Crippen molar-refractivity contribution in [1.82, 2.24) is 19.6 Å². The standard InChI is InChI=1S/C21H25N5O/c1-2-15-25-19(13-14-22-25)23-21(27)20-17-11-7-4-8-12-18(17)26(24-20)16-9-5-3-6-10-16/h3,5-6,9-10,13-14H,2,4,7-8,11-12,15H2,1H3,(H,23,27). The van der Waals surface area contributed by atoms with Crippen LogP contribution in [0.5, 0.6) is 0 Å². The summed E-state index contributed by atoms with van der Waals surface area (Å²) in [6, 6.07) is 11.9. The summed E-state index contributed by atoms with van der Waals surface area (Å²) in [4.78, 5) is 13.1. The van der Waals surface area contributed by atoms with Gasteiger partial charge in [0.05, 0.1) is 11.9 Å². The Labute approximate surface area is 159 Å². The molecule has 6 heteroatoms. The number of hydrogen-bond acceptors (Lipinski definition) is 3. The highest BCUT2D eigenvalue weighted by atomic mass is 16.2. The molecule has 0 saturated heterocycles. The number of carbonyl (C=O) groups is 1. The fourth-order valence-corrected chi connectivity index (χ4v) is 3.75. The maximum Gasteiger partial charge on any atom is 0.277 e. The van der Waals surface area contributed by atoms with E-state index >= 15 is 0 Å². The molecule has 0 spiro atoms. The van der Waals surface area contributed by atoms with Crippen molar-refractivity contribution in [2.24, 2.45) is 0 Å². The molecule has 0 fully saturated rings. The number of nitrogens with one attached hydrogen (secondary N) is 1. The lowest BCUT2D eigenvalue weighted by molar-refractivity contribution is 0.102. The molecule has 0 atom stereocenters. The molecule has 1 aliphatic carbocycles. The minimum absolute atomic E-state index is 0.152. The lowest BCUT2D eigenvalue weighted by atomic mass is 10.1. The molecule has 0 saturated carbocycles. The summed E-state index contributed by atoms with van der Waals surface area (Å²) < 4.78 is 3.78. The van der Waals surface area contributed by atoms with Crippen LogP contribution in [-0.4, -0.2) is 25.5 Å². The fraction of sp³-hybridized carbons (Fsp3) is 0.381. The molecule has 1 aromatic carbocycles. The number of nitrogens with zero attached hydrogens (tertiary/aromatic N) is 4. The van der Waals surface area contributed by atoms with Gasteiger partial charge in [-0.2, -0.15) is 10.2 Å². The minimum Gasteiger partial charge on any atom is -0.305 e. The molecule has 140 valence electrons. The average molecular weight is 363 g/mol. The SMILES string of the molecule is CCCn1nccc1NC(=O)c1nn(-c2ccccc2)c2c1CCCCC2. The van der Waals surface area contributed by atoms with Gasteiger partial charge < -0.3 is 5.32 Å². The van der Waals surface area contributed by atoms with Crippen LogP contribution in [0.25, 0.3) is 5.69 Å². The maximum atomic E-state index is 13.1. The first-order chi connectivity index (χ1) is 13.3. The van der Waals surface area contributed by atoms with Crippen LogP contribution in [0.4, 0.5) is 5.82 Å². The van der Waals surface area contributed by atoms with Crippen LogP contribution in [0, 0.1) is 0 Å². The van der Waals surface area contributed by atoms with E-state index in [2.05, 4.69) is 17.3 Å². The van der Waals surface area contributed by atoms with Crippen LogP contribution >= 0.6 is 0 Å². The third-order valence-electron chi connectivity index (χ3n) is 5.04. The van der Waals surface area contributed by atoms with Gasteiger partial charge in [0, 0.05) is 23.9 Å². The van der Waals surface area contributed by atoms with Gasteiger partial charge >= 0.3 is 0 Å². The Morgan fingerprint density at radius 1 is 1.11 bits per heavy atom. The smallest absolute Gasteiger partial charge is 0.277 e. The monoisotopic (exact) mass is 363 g/mol. The molecule has 2 aromatic heterocycles. The molecule has 2 heterocycles. The van der Waals surface area contributed by atoms with Gasteiger partial charge in [0.2, 0.25) is 0 Å². The van der Waals surface area contributed by atoms with Crippen LogP contribution in [0.1, 0.15) is 54.4 Å².